The van der Waals surface area contributed by atoms with Gasteiger partial charge >= 0.3 is 0 Å². The molecule has 1 heterocycles. The van der Waals surface area contributed by atoms with Crippen molar-refractivity contribution in [3.05, 3.63) is 235 Å². The van der Waals surface area contributed by atoms with Crippen LogP contribution in [0.15, 0.2) is 212 Å². The van der Waals surface area contributed by atoms with Gasteiger partial charge < -0.3 is 0 Å². The van der Waals surface area contributed by atoms with Crippen molar-refractivity contribution in [1.29, 1.82) is 0 Å². The highest BCUT2D eigenvalue weighted by Crippen LogP contribution is 2.58. The molecule has 1 aromatic heterocycles. The van der Waals surface area contributed by atoms with Crippen LogP contribution in [0.3, 0.4) is 0 Å². The average molecular weight is 702 g/mol. The van der Waals surface area contributed by atoms with Gasteiger partial charge in [0.15, 0.2) is 17.5 Å². The maximum Gasteiger partial charge on any atom is 0.164 e. The average Bonchev–Trinajstić information content (AvgIpc) is 3.57. The molecule has 1 aliphatic rings. The standard InChI is InChI=1S/C52H35N3/c1-6-19-36(20-7-1)45-35-48-46(43-31-16-17-32-47(43)52(48,41-27-12-4-13-28-41)42-29-14-5-15-30-42)34-44(45)39-25-18-26-40(33-39)51-54-49(37-21-8-2-9-22-37)53-50(55-51)38-23-10-3-11-24-38/h1-35H. The zero-order valence-electron chi connectivity index (χ0n) is 30.0. The Balaban J connectivity index is 1.22. The first kappa shape index (κ1) is 32.4. The van der Waals surface area contributed by atoms with Gasteiger partial charge in [-0.3, -0.25) is 0 Å². The second kappa shape index (κ2) is 13.6. The smallest absolute Gasteiger partial charge is 0.164 e. The van der Waals surface area contributed by atoms with E-state index in [1.54, 1.807) is 0 Å². The Bertz CT molecular complexity index is 2690. The van der Waals surface area contributed by atoms with Crippen molar-refractivity contribution in [2.45, 2.75) is 5.41 Å². The number of hydrogen-bond donors (Lipinski definition) is 0. The Morgan fingerprint density at radius 3 is 1.24 bits per heavy atom. The van der Waals surface area contributed by atoms with E-state index in [1.807, 2.05) is 60.7 Å². The number of benzene rings is 8. The number of nitrogens with zero attached hydrogens (tertiary/aromatic N) is 3. The molecule has 0 spiro atoms. The first-order valence-electron chi connectivity index (χ1n) is 18.7. The number of fused-ring (bicyclic) bond motifs is 3. The van der Waals surface area contributed by atoms with Crippen molar-refractivity contribution in [3.63, 3.8) is 0 Å². The van der Waals surface area contributed by atoms with Crippen molar-refractivity contribution in [2.24, 2.45) is 0 Å². The van der Waals surface area contributed by atoms with Crippen LogP contribution in [0.4, 0.5) is 0 Å². The molecule has 0 fully saturated rings. The molecule has 55 heavy (non-hydrogen) atoms. The zero-order chi connectivity index (χ0) is 36.6. The Morgan fingerprint density at radius 1 is 0.255 bits per heavy atom. The van der Waals surface area contributed by atoms with Gasteiger partial charge in [-0.1, -0.05) is 194 Å². The molecule has 0 bridgehead atoms. The summed E-state index contributed by atoms with van der Waals surface area (Å²) in [5, 5.41) is 0. The lowest BCUT2D eigenvalue weighted by atomic mass is 9.67. The molecular formula is C52H35N3. The number of aromatic nitrogens is 3. The van der Waals surface area contributed by atoms with Crippen molar-refractivity contribution < 1.29 is 0 Å². The van der Waals surface area contributed by atoms with Crippen molar-refractivity contribution in [2.75, 3.05) is 0 Å². The largest absolute Gasteiger partial charge is 0.208 e. The second-order valence-corrected chi connectivity index (χ2v) is 14.0. The summed E-state index contributed by atoms with van der Waals surface area (Å²) in [7, 11) is 0. The third kappa shape index (κ3) is 5.57. The fourth-order valence-corrected chi connectivity index (χ4v) is 8.35. The second-order valence-electron chi connectivity index (χ2n) is 14.0. The van der Waals surface area contributed by atoms with E-state index in [0.29, 0.717) is 17.5 Å². The summed E-state index contributed by atoms with van der Waals surface area (Å²) in [5.74, 6) is 1.92. The number of rotatable bonds is 7. The predicted octanol–water partition coefficient (Wildman–Crippen LogP) is 12.6. The van der Waals surface area contributed by atoms with Crippen molar-refractivity contribution >= 4 is 0 Å². The van der Waals surface area contributed by atoms with Crippen LogP contribution in [-0.2, 0) is 5.41 Å². The molecule has 0 amide bonds. The summed E-state index contributed by atoms with van der Waals surface area (Å²) < 4.78 is 0. The van der Waals surface area contributed by atoms with E-state index < -0.39 is 5.41 Å². The van der Waals surface area contributed by atoms with E-state index >= 15 is 0 Å². The summed E-state index contributed by atoms with van der Waals surface area (Å²) in [6.45, 7) is 0. The summed E-state index contributed by atoms with van der Waals surface area (Å²) >= 11 is 0. The van der Waals surface area contributed by atoms with E-state index in [-0.39, 0.29) is 0 Å². The Kier molecular flexibility index (Phi) is 8.04. The molecule has 0 N–H and O–H groups in total. The Morgan fingerprint density at radius 2 is 0.673 bits per heavy atom. The van der Waals surface area contributed by atoms with Gasteiger partial charge in [0.2, 0.25) is 0 Å². The molecule has 0 aliphatic heterocycles. The molecule has 3 nitrogen and oxygen atoms in total. The lowest BCUT2D eigenvalue weighted by molar-refractivity contribution is 0.769. The Hall–Kier alpha value is -7.23. The maximum absolute atomic E-state index is 5.07. The SMILES string of the molecule is c1ccc(-c2nc(-c3ccccc3)nc(-c3cccc(-c4cc5c(cc4-c4ccccc4)C(c4ccccc4)(c4ccccc4)c4ccccc4-5)c3)n2)cc1. The van der Waals surface area contributed by atoms with E-state index in [1.165, 1.54) is 38.9 Å². The van der Waals surface area contributed by atoms with Gasteiger partial charge in [-0.2, -0.15) is 0 Å². The quantitative estimate of drug-likeness (QED) is 0.166. The third-order valence-corrected chi connectivity index (χ3v) is 10.8. The zero-order valence-corrected chi connectivity index (χ0v) is 30.0. The van der Waals surface area contributed by atoms with Crippen LogP contribution in [0.25, 0.3) is 67.5 Å². The molecule has 258 valence electrons. The van der Waals surface area contributed by atoms with Crippen molar-refractivity contribution in [3.8, 4) is 67.5 Å². The Labute approximate surface area is 321 Å². The first-order valence-corrected chi connectivity index (χ1v) is 18.7. The molecule has 0 unspecified atom stereocenters. The van der Waals surface area contributed by atoms with Gasteiger partial charge in [0.05, 0.1) is 5.41 Å². The van der Waals surface area contributed by atoms with Crippen LogP contribution in [0.2, 0.25) is 0 Å². The van der Waals surface area contributed by atoms with Crippen LogP contribution >= 0.6 is 0 Å². The molecular weight excluding hydrogens is 667 g/mol. The molecule has 10 rings (SSSR count). The fourth-order valence-electron chi connectivity index (χ4n) is 8.35. The lowest BCUT2D eigenvalue weighted by Crippen LogP contribution is -2.28. The third-order valence-electron chi connectivity index (χ3n) is 10.8. The van der Waals surface area contributed by atoms with Gasteiger partial charge in [0.25, 0.3) is 0 Å². The predicted molar refractivity (Wildman–Crippen MR) is 224 cm³/mol. The highest BCUT2D eigenvalue weighted by Gasteiger charge is 2.46. The van der Waals surface area contributed by atoms with Gasteiger partial charge in [-0.05, 0) is 73.8 Å². The summed E-state index contributed by atoms with van der Waals surface area (Å²) in [4.78, 5) is 15.1. The van der Waals surface area contributed by atoms with E-state index in [2.05, 4.69) is 152 Å². The van der Waals surface area contributed by atoms with Crippen LogP contribution in [0.1, 0.15) is 22.3 Å². The van der Waals surface area contributed by atoms with E-state index in [0.717, 1.165) is 33.4 Å². The maximum atomic E-state index is 5.07. The molecule has 3 heteroatoms. The molecule has 8 aromatic carbocycles. The summed E-state index contributed by atoms with van der Waals surface area (Å²) in [6, 6.07) is 75.5. The minimum absolute atomic E-state index is 0.495. The van der Waals surface area contributed by atoms with E-state index in [9.17, 15) is 0 Å². The van der Waals surface area contributed by atoms with Gasteiger partial charge in [0, 0.05) is 16.7 Å². The topological polar surface area (TPSA) is 38.7 Å². The van der Waals surface area contributed by atoms with Crippen LogP contribution in [0.5, 0.6) is 0 Å². The van der Waals surface area contributed by atoms with Crippen LogP contribution in [-0.4, -0.2) is 15.0 Å². The van der Waals surface area contributed by atoms with Crippen molar-refractivity contribution in [1.82, 2.24) is 15.0 Å². The molecule has 0 saturated heterocycles. The molecule has 0 atom stereocenters. The lowest BCUT2D eigenvalue weighted by Gasteiger charge is -2.34. The first-order chi connectivity index (χ1) is 27.3. The van der Waals surface area contributed by atoms with Gasteiger partial charge in [-0.25, -0.2) is 15.0 Å². The van der Waals surface area contributed by atoms with Crippen LogP contribution < -0.4 is 0 Å². The summed E-state index contributed by atoms with van der Waals surface area (Å²) in [6.07, 6.45) is 0. The van der Waals surface area contributed by atoms with Gasteiger partial charge in [-0.15, -0.1) is 0 Å². The summed E-state index contributed by atoms with van der Waals surface area (Å²) in [5.41, 5.74) is 14.5. The highest BCUT2D eigenvalue weighted by atomic mass is 15.0. The minimum Gasteiger partial charge on any atom is -0.208 e. The molecule has 9 aromatic rings. The monoisotopic (exact) mass is 701 g/mol. The van der Waals surface area contributed by atoms with E-state index in [4.69, 9.17) is 15.0 Å². The fraction of sp³-hybridized carbons (Fsp3) is 0.0192. The highest BCUT2D eigenvalue weighted by molar-refractivity contribution is 5.95. The molecule has 0 radical (unpaired) electrons. The van der Waals surface area contributed by atoms with Gasteiger partial charge in [0.1, 0.15) is 0 Å². The molecule has 0 saturated carbocycles. The van der Waals surface area contributed by atoms with Crippen LogP contribution in [0, 0.1) is 0 Å². The molecule has 1 aliphatic carbocycles. The minimum atomic E-state index is -0.495. The normalized spacial score (nSPS) is 12.5. The number of hydrogen-bond acceptors (Lipinski definition) is 3.